The second-order valence-corrected chi connectivity index (χ2v) is 19.5. The van der Waals surface area contributed by atoms with Crippen LogP contribution in [-0.2, 0) is 16.0 Å². The molecule has 358 valence electrons. The number of carbonyl (C=O) groups is 4. The van der Waals surface area contributed by atoms with E-state index in [0.29, 0.717) is 85.9 Å². The first-order valence-electron chi connectivity index (χ1n) is 24.0. The van der Waals surface area contributed by atoms with Crippen LogP contribution in [0.3, 0.4) is 0 Å². The Morgan fingerprint density at radius 2 is 1.49 bits per heavy atom. The number of rotatable bonds is 11. The summed E-state index contributed by atoms with van der Waals surface area (Å²) in [6.45, 7) is 17.6. The molecule has 2 aromatic carbocycles. The number of hydrogen-bond acceptors (Lipinski definition) is 11. The molecule has 6 heterocycles. The van der Waals surface area contributed by atoms with E-state index in [4.69, 9.17) is 4.74 Å². The number of halogens is 1. The van der Waals surface area contributed by atoms with Crippen molar-refractivity contribution in [1.29, 1.82) is 0 Å². The highest BCUT2D eigenvalue weighted by Gasteiger charge is 2.32. The molecule has 1 atom stereocenters. The largest absolute Gasteiger partial charge is 0.444 e. The van der Waals surface area contributed by atoms with Crippen LogP contribution >= 0.6 is 0 Å². The van der Waals surface area contributed by atoms with E-state index in [1.807, 2.05) is 50.1 Å². The van der Waals surface area contributed by atoms with E-state index in [9.17, 15) is 24.0 Å². The number of amides is 4. The molecule has 1 unspecified atom stereocenters. The lowest BCUT2D eigenvalue weighted by Gasteiger charge is -2.40. The summed E-state index contributed by atoms with van der Waals surface area (Å²) in [5.74, 6) is -0.479. The second kappa shape index (κ2) is 21.0. The van der Waals surface area contributed by atoms with E-state index in [2.05, 4.69) is 42.1 Å². The molecule has 4 aliphatic rings. The molecule has 16 nitrogen and oxygen atoms in total. The molecule has 4 aliphatic heterocycles. The Morgan fingerprint density at radius 3 is 2.21 bits per heavy atom. The van der Waals surface area contributed by atoms with Gasteiger partial charge in [0.05, 0.1) is 28.9 Å². The first-order chi connectivity index (χ1) is 32.2. The Morgan fingerprint density at radius 1 is 0.806 bits per heavy atom. The van der Waals surface area contributed by atoms with Gasteiger partial charge >= 0.3 is 6.09 Å². The molecule has 4 saturated heterocycles. The van der Waals surface area contributed by atoms with Crippen LogP contribution in [0, 0.1) is 11.7 Å². The van der Waals surface area contributed by atoms with Crippen molar-refractivity contribution in [3.05, 3.63) is 99.0 Å². The van der Waals surface area contributed by atoms with Gasteiger partial charge in [0.25, 0.3) is 17.4 Å². The third-order valence-electron chi connectivity index (χ3n) is 13.7. The van der Waals surface area contributed by atoms with E-state index >= 15 is 4.39 Å². The number of carbonyl (C=O) groups excluding carboxylic acids is 4. The van der Waals surface area contributed by atoms with Crippen molar-refractivity contribution in [2.24, 2.45) is 5.92 Å². The van der Waals surface area contributed by atoms with Gasteiger partial charge in [-0.05, 0) is 107 Å². The maximum absolute atomic E-state index is 15.1. The van der Waals surface area contributed by atoms with Crippen LogP contribution in [0.4, 0.5) is 14.9 Å². The average Bonchev–Trinajstić information content (AvgIpc) is 3.33. The number of ether oxygens (including phenoxy) is 1. The number of H-pyrrole nitrogens is 1. The zero-order valence-electron chi connectivity index (χ0n) is 39.4. The Balaban J connectivity index is 0.776. The minimum absolute atomic E-state index is 0.0251. The lowest BCUT2D eigenvalue weighted by atomic mass is 9.91. The Kier molecular flexibility index (Phi) is 15.0. The fourth-order valence-corrected chi connectivity index (χ4v) is 9.93. The van der Waals surface area contributed by atoms with Gasteiger partial charge in [0.1, 0.15) is 11.4 Å². The number of nitrogens with zero attached hydrogens (tertiary/aromatic N) is 8. The summed E-state index contributed by atoms with van der Waals surface area (Å²) in [4.78, 5) is 83.2. The molecule has 2 N–H and O–H groups in total. The fraction of sp³-hybridized carbons (Fsp3) is 0.540. The third-order valence-corrected chi connectivity index (χ3v) is 13.7. The summed E-state index contributed by atoms with van der Waals surface area (Å²) in [5.41, 5.74) is 1.96. The monoisotopic (exact) mass is 921 g/mol. The quantitative estimate of drug-likeness (QED) is 0.207. The highest BCUT2D eigenvalue weighted by atomic mass is 19.1. The van der Waals surface area contributed by atoms with Crippen LogP contribution < -0.4 is 10.9 Å². The number of piperidine rings is 2. The van der Waals surface area contributed by atoms with Crippen molar-refractivity contribution in [2.75, 3.05) is 103 Å². The predicted octanol–water partition coefficient (Wildman–Crippen LogP) is 5.05. The molecule has 17 heteroatoms. The van der Waals surface area contributed by atoms with Gasteiger partial charge in [-0.15, -0.1) is 0 Å². The van der Waals surface area contributed by atoms with Gasteiger partial charge in [-0.1, -0.05) is 31.2 Å². The minimum atomic E-state index is -0.691. The van der Waals surface area contributed by atoms with Gasteiger partial charge in [-0.25, -0.2) is 19.3 Å². The van der Waals surface area contributed by atoms with Crippen molar-refractivity contribution in [2.45, 2.75) is 71.3 Å². The topological polar surface area (TPSA) is 168 Å². The number of pyridine rings is 1. The van der Waals surface area contributed by atoms with Gasteiger partial charge in [0, 0.05) is 96.5 Å². The first-order valence-corrected chi connectivity index (χ1v) is 24.0. The lowest BCUT2D eigenvalue weighted by Crippen LogP contribution is -2.55. The summed E-state index contributed by atoms with van der Waals surface area (Å²) >= 11 is 0. The number of likely N-dealkylation sites (tertiary alicyclic amines) is 2. The molecule has 0 radical (unpaired) electrons. The molecular weight excluding hydrogens is 856 g/mol. The predicted molar refractivity (Wildman–Crippen MR) is 254 cm³/mol. The standard InChI is InChI=1S/C50H65FN10O6/c1-5-56-16-8-9-36(32-56)37-29-43(53-49(66)67-50(2,3)4)45(52-30-37)48(65)60-17-14-34(15-18-60)31-57-19-21-58(22-20-57)33-44(62)59-23-25-61(26-24-59)47(64)40-27-35(12-13-41(40)51)28-42-38-10-6-7-11-39(38)46(63)55-54-42/h6-7,10-13,27,29-30,34,36H,5,8-9,14-26,28,31-33H2,1-4H3,(H,53,66)(H,55,63). The van der Waals surface area contributed by atoms with Crippen molar-refractivity contribution in [3.63, 3.8) is 0 Å². The summed E-state index contributed by atoms with van der Waals surface area (Å²) in [6.07, 6.45) is 5.36. The van der Waals surface area contributed by atoms with Crippen LogP contribution in [-0.4, -0.2) is 172 Å². The Hall–Kier alpha value is -5.78. The number of anilines is 1. The van der Waals surface area contributed by atoms with E-state index in [0.717, 1.165) is 83.6 Å². The van der Waals surface area contributed by atoms with Crippen LogP contribution in [0.1, 0.15) is 97.0 Å². The van der Waals surface area contributed by atoms with E-state index < -0.39 is 23.4 Å². The zero-order valence-corrected chi connectivity index (χ0v) is 39.4. The SMILES string of the molecule is CCN1CCCC(c2cnc(C(=O)N3CCC(CN4CCN(CC(=O)N5CCN(C(=O)c6cc(Cc7n[nH]c(=O)c8ccccc78)ccc6F)CC5)CC4)CC3)c(NC(=O)OC(C)(C)C)c2)C1. The van der Waals surface area contributed by atoms with Gasteiger partial charge in [-0.3, -0.25) is 29.4 Å². The highest BCUT2D eigenvalue weighted by Crippen LogP contribution is 2.31. The van der Waals surface area contributed by atoms with Crippen molar-refractivity contribution >= 4 is 40.3 Å². The highest BCUT2D eigenvalue weighted by molar-refractivity contribution is 6.01. The molecule has 4 fully saturated rings. The van der Waals surface area contributed by atoms with Gasteiger partial charge in [0.2, 0.25) is 5.91 Å². The summed E-state index contributed by atoms with van der Waals surface area (Å²) in [7, 11) is 0. The van der Waals surface area contributed by atoms with Crippen LogP contribution in [0.25, 0.3) is 10.8 Å². The smallest absolute Gasteiger partial charge is 0.412 e. The molecule has 8 rings (SSSR count). The molecule has 0 bridgehead atoms. The van der Waals surface area contributed by atoms with Crippen molar-refractivity contribution < 1.29 is 28.3 Å². The molecule has 0 saturated carbocycles. The molecule has 0 spiro atoms. The Bertz CT molecular complexity index is 2490. The number of fused-ring (bicyclic) bond motifs is 1. The second-order valence-electron chi connectivity index (χ2n) is 19.5. The molecule has 4 amide bonds. The summed E-state index contributed by atoms with van der Waals surface area (Å²) in [6, 6.07) is 13.6. The van der Waals surface area contributed by atoms with E-state index in [1.165, 1.54) is 6.07 Å². The minimum Gasteiger partial charge on any atom is -0.444 e. The maximum Gasteiger partial charge on any atom is 0.412 e. The Labute approximate surface area is 391 Å². The van der Waals surface area contributed by atoms with Gasteiger partial charge in [-0.2, -0.15) is 5.10 Å². The van der Waals surface area contributed by atoms with E-state index in [1.54, 1.807) is 34.1 Å². The normalized spacial score (nSPS) is 19.4. The van der Waals surface area contributed by atoms with Crippen LogP contribution in [0.2, 0.25) is 0 Å². The molecule has 4 aromatic rings. The number of aromatic amines is 1. The number of benzene rings is 2. The molecule has 2 aromatic heterocycles. The number of nitrogens with one attached hydrogen (secondary N) is 2. The number of aromatic nitrogens is 3. The van der Waals surface area contributed by atoms with E-state index in [-0.39, 0.29) is 34.5 Å². The van der Waals surface area contributed by atoms with Crippen LogP contribution in [0.5, 0.6) is 0 Å². The van der Waals surface area contributed by atoms with Gasteiger partial charge < -0.3 is 29.2 Å². The maximum atomic E-state index is 15.1. The first kappa shape index (κ1) is 47.7. The van der Waals surface area contributed by atoms with Crippen molar-refractivity contribution in [3.8, 4) is 0 Å². The average molecular weight is 921 g/mol. The number of likely N-dealkylation sites (N-methyl/N-ethyl adjacent to an activating group) is 1. The zero-order chi connectivity index (χ0) is 47.2. The van der Waals surface area contributed by atoms with Crippen molar-refractivity contribution in [1.82, 2.24) is 44.6 Å². The molecule has 67 heavy (non-hydrogen) atoms. The summed E-state index contributed by atoms with van der Waals surface area (Å²) < 4.78 is 20.6. The van der Waals surface area contributed by atoms with Crippen LogP contribution in [0.15, 0.2) is 59.5 Å². The molecular formula is C50H65FN10O6. The molecule has 0 aliphatic carbocycles. The van der Waals surface area contributed by atoms with Gasteiger partial charge in [0.15, 0.2) is 5.69 Å². The summed E-state index contributed by atoms with van der Waals surface area (Å²) in [5, 5.41) is 10.8. The third kappa shape index (κ3) is 11.9. The lowest BCUT2D eigenvalue weighted by molar-refractivity contribution is -0.134. The fourth-order valence-electron chi connectivity index (χ4n) is 9.93. The number of hydrogen-bond donors (Lipinski definition) is 2. The number of piperazine rings is 2.